The van der Waals surface area contributed by atoms with Gasteiger partial charge in [-0.2, -0.15) is 0 Å². The second-order valence-electron chi connectivity index (χ2n) is 8.65. The second kappa shape index (κ2) is 8.05. The highest BCUT2D eigenvalue weighted by Gasteiger charge is 2.35. The molecule has 0 saturated carbocycles. The molecule has 0 radical (unpaired) electrons. The number of rotatable bonds is 4. The van der Waals surface area contributed by atoms with Crippen LogP contribution < -0.4 is 10.9 Å². The zero-order chi connectivity index (χ0) is 19.8. The standard InChI is InChI=1S/C22H28N4O2S/c27-21-5-7-24(8-6-23-21)13-17-3-4-20-18-10-16(12-26(20)22(17)28)11-25(14-18)15-19-2-1-9-29-19/h1-4,9,16,18H,5-8,10-15H2,(H,23,27)/t16-,18+/m0/s1. The highest BCUT2D eigenvalue weighted by molar-refractivity contribution is 7.09. The number of fused-ring (bicyclic) bond motifs is 4. The van der Waals surface area contributed by atoms with Crippen molar-refractivity contribution in [3.8, 4) is 0 Å². The molecule has 1 N–H and O–H groups in total. The molecule has 0 aromatic carbocycles. The molecule has 2 bridgehead atoms. The van der Waals surface area contributed by atoms with Crippen LogP contribution in [0.25, 0.3) is 0 Å². The Labute approximate surface area is 175 Å². The number of carbonyl (C=O) groups excluding carboxylic acids is 1. The Balaban J connectivity index is 1.33. The van der Waals surface area contributed by atoms with E-state index in [1.54, 1.807) is 0 Å². The van der Waals surface area contributed by atoms with Crippen LogP contribution >= 0.6 is 11.3 Å². The van der Waals surface area contributed by atoms with E-state index < -0.39 is 0 Å². The molecular weight excluding hydrogens is 384 g/mol. The van der Waals surface area contributed by atoms with Gasteiger partial charge in [-0.3, -0.25) is 19.4 Å². The summed E-state index contributed by atoms with van der Waals surface area (Å²) in [4.78, 5) is 31.0. The van der Waals surface area contributed by atoms with Crippen LogP contribution in [0.3, 0.4) is 0 Å². The van der Waals surface area contributed by atoms with Crippen molar-refractivity contribution in [2.24, 2.45) is 5.92 Å². The van der Waals surface area contributed by atoms with Crippen LogP contribution in [0, 0.1) is 5.92 Å². The molecule has 2 fully saturated rings. The fourth-order valence-corrected chi connectivity index (χ4v) is 5.92. The van der Waals surface area contributed by atoms with Gasteiger partial charge in [0.15, 0.2) is 0 Å². The number of nitrogens with one attached hydrogen (secondary N) is 1. The number of amides is 1. The third-order valence-corrected chi connectivity index (χ3v) is 7.38. The normalized spacial score (nSPS) is 25.3. The third kappa shape index (κ3) is 4.04. The van der Waals surface area contributed by atoms with Gasteiger partial charge in [0.2, 0.25) is 5.91 Å². The van der Waals surface area contributed by atoms with Crippen molar-refractivity contribution in [2.45, 2.75) is 38.4 Å². The topological polar surface area (TPSA) is 57.6 Å². The number of pyridine rings is 1. The highest BCUT2D eigenvalue weighted by atomic mass is 32.1. The lowest BCUT2D eigenvalue weighted by atomic mass is 9.83. The summed E-state index contributed by atoms with van der Waals surface area (Å²) in [5, 5.41) is 5.05. The van der Waals surface area contributed by atoms with E-state index in [-0.39, 0.29) is 11.5 Å². The number of nitrogens with zero attached hydrogens (tertiary/aromatic N) is 3. The highest BCUT2D eigenvalue weighted by Crippen LogP contribution is 2.36. The van der Waals surface area contributed by atoms with Gasteiger partial charge in [-0.15, -0.1) is 11.3 Å². The van der Waals surface area contributed by atoms with Gasteiger partial charge in [-0.1, -0.05) is 12.1 Å². The van der Waals surface area contributed by atoms with Crippen molar-refractivity contribution in [3.05, 3.63) is 56.1 Å². The molecule has 29 heavy (non-hydrogen) atoms. The summed E-state index contributed by atoms with van der Waals surface area (Å²) in [5.41, 5.74) is 2.24. The van der Waals surface area contributed by atoms with Crippen LogP contribution in [0.5, 0.6) is 0 Å². The zero-order valence-electron chi connectivity index (χ0n) is 16.7. The molecule has 0 spiro atoms. The summed E-state index contributed by atoms with van der Waals surface area (Å²) in [6.07, 6.45) is 1.70. The second-order valence-corrected chi connectivity index (χ2v) is 9.68. The van der Waals surface area contributed by atoms with Crippen molar-refractivity contribution >= 4 is 17.2 Å². The molecule has 2 atom stereocenters. The van der Waals surface area contributed by atoms with E-state index in [0.717, 1.165) is 44.8 Å². The number of thiophene rings is 1. The molecule has 1 amide bonds. The summed E-state index contributed by atoms with van der Waals surface area (Å²) in [7, 11) is 0. The molecule has 5 rings (SSSR count). The van der Waals surface area contributed by atoms with Gasteiger partial charge < -0.3 is 9.88 Å². The van der Waals surface area contributed by atoms with Crippen molar-refractivity contribution in [3.63, 3.8) is 0 Å². The average Bonchev–Trinajstić information content (AvgIpc) is 3.12. The molecule has 2 aromatic heterocycles. The number of likely N-dealkylation sites (tertiary alicyclic amines) is 1. The van der Waals surface area contributed by atoms with Crippen LogP contribution in [0.4, 0.5) is 0 Å². The summed E-state index contributed by atoms with van der Waals surface area (Å²) in [6, 6.07) is 8.56. The van der Waals surface area contributed by atoms with Gasteiger partial charge in [0.05, 0.1) is 0 Å². The Morgan fingerprint density at radius 3 is 2.83 bits per heavy atom. The molecule has 3 aliphatic heterocycles. The molecule has 3 aliphatic rings. The molecule has 7 heteroatoms. The molecule has 2 aromatic rings. The number of aromatic nitrogens is 1. The predicted octanol–water partition coefficient (Wildman–Crippen LogP) is 1.85. The van der Waals surface area contributed by atoms with Gasteiger partial charge in [0, 0.05) is 80.8 Å². The molecular formula is C22H28N4O2S. The fourth-order valence-electron chi connectivity index (χ4n) is 5.17. The van der Waals surface area contributed by atoms with Gasteiger partial charge in [0.25, 0.3) is 5.56 Å². The Hall–Kier alpha value is -1.96. The number of hydrogen-bond acceptors (Lipinski definition) is 5. The lowest BCUT2D eigenvalue weighted by Crippen LogP contribution is -2.47. The minimum Gasteiger partial charge on any atom is -0.355 e. The fraction of sp³-hybridized carbons (Fsp3) is 0.545. The lowest BCUT2D eigenvalue weighted by molar-refractivity contribution is -0.120. The van der Waals surface area contributed by atoms with E-state index >= 15 is 0 Å². The van der Waals surface area contributed by atoms with E-state index in [0.29, 0.717) is 31.3 Å². The lowest BCUT2D eigenvalue weighted by Gasteiger charge is -2.43. The number of piperidine rings is 1. The van der Waals surface area contributed by atoms with Crippen molar-refractivity contribution < 1.29 is 4.79 Å². The Kier molecular flexibility index (Phi) is 5.28. The minimum absolute atomic E-state index is 0.106. The smallest absolute Gasteiger partial charge is 0.255 e. The Morgan fingerprint density at radius 2 is 1.97 bits per heavy atom. The Morgan fingerprint density at radius 1 is 1.03 bits per heavy atom. The SMILES string of the molecule is O=C1CCN(Cc2ccc3n(c2=O)C[C@H]2C[C@@H]3CN(Cc3cccs3)C2)CCN1. The van der Waals surface area contributed by atoms with Gasteiger partial charge in [0.1, 0.15) is 0 Å². The summed E-state index contributed by atoms with van der Waals surface area (Å²) in [6.45, 7) is 6.78. The quantitative estimate of drug-likeness (QED) is 0.833. The van der Waals surface area contributed by atoms with Crippen LogP contribution in [-0.2, 0) is 24.4 Å². The molecule has 5 heterocycles. The van der Waals surface area contributed by atoms with Gasteiger partial charge in [-0.05, 0) is 29.9 Å². The minimum atomic E-state index is 0.106. The van der Waals surface area contributed by atoms with Crippen molar-refractivity contribution in [1.29, 1.82) is 0 Å². The van der Waals surface area contributed by atoms with Crippen LogP contribution in [0.15, 0.2) is 34.4 Å². The maximum atomic E-state index is 13.2. The monoisotopic (exact) mass is 412 g/mol. The summed E-state index contributed by atoms with van der Waals surface area (Å²) < 4.78 is 2.05. The number of hydrogen-bond donors (Lipinski definition) is 1. The Bertz CT molecular complexity index is 939. The zero-order valence-corrected chi connectivity index (χ0v) is 17.5. The van der Waals surface area contributed by atoms with E-state index in [9.17, 15) is 9.59 Å². The van der Waals surface area contributed by atoms with E-state index in [2.05, 4.69) is 43.3 Å². The first kappa shape index (κ1) is 19.0. The van der Waals surface area contributed by atoms with Gasteiger partial charge >= 0.3 is 0 Å². The van der Waals surface area contributed by atoms with Crippen molar-refractivity contribution in [1.82, 2.24) is 19.7 Å². The molecule has 154 valence electrons. The first-order valence-corrected chi connectivity index (χ1v) is 11.5. The van der Waals surface area contributed by atoms with Crippen LogP contribution in [0.1, 0.15) is 34.9 Å². The molecule has 0 unspecified atom stereocenters. The van der Waals surface area contributed by atoms with E-state index in [4.69, 9.17) is 0 Å². The molecule has 6 nitrogen and oxygen atoms in total. The molecule has 0 aliphatic carbocycles. The maximum absolute atomic E-state index is 13.2. The largest absolute Gasteiger partial charge is 0.355 e. The number of carbonyl (C=O) groups is 1. The molecule has 2 saturated heterocycles. The summed E-state index contributed by atoms with van der Waals surface area (Å²) in [5.74, 6) is 1.10. The van der Waals surface area contributed by atoms with Crippen LogP contribution in [-0.4, -0.2) is 53.0 Å². The third-order valence-electron chi connectivity index (χ3n) is 6.52. The van der Waals surface area contributed by atoms with E-state index in [1.807, 2.05) is 17.4 Å². The predicted molar refractivity (Wildman–Crippen MR) is 114 cm³/mol. The maximum Gasteiger partial charge on any atom is 0.255 e. The first-order valence-electron chi connectivity index (χ1n) is 10.6. The van der Waals surface area contributed by atoms with Gasteiger partial charge in [-0.25, -0.2) is 0 Å². The van der Waals surface area contributed by atoms with Crippen LogP contribution in [0.2, 0.25) is 0 Å². The summed E-state index contributed by atoms with van der Waals surface area (Å²) >= 11 is 1.83. The van der Waals surface area contributed by atoms with E-state index in [1.165, 1.54) is 17.0 Å². The average molecular weight is 413 g/mol. The van der Waals surface area contributed by atoms with Crippen molar-refractivity contribution in [2.75, 3.05) is 32.7 Å². The first-order chi connectivity index (χ1) is 14.2.